The Bertz CT molecular complexity index is 183. The van der Waals surface area contributed by atoms with Crippen LogP contribution in [0.25, 0.3) is 0 Å². The predicted molar refractivity (Wildman–Crippen MR) is 46.3 cm³/mol. The largest absolute Gasteiger partial charge is 0.303 e. The lowest BCUT2D eigenvalue weighted by molar-refractivity contribution is -0.110. The Balaban J connectivity index is 2.71. The molecule has 1 rings (SSSR count). The van der Waals surface area contributed by atoms with Gasteiger partial charge in [0.1, 0.15) is 6.29 Å². The second-order valence-electron chi connectivity index (χ2n) is 3.90. The van der Waals surface area contributed by atoms with Gasteiger partial charge < -0.3 is 4.79 Å². The number of rotatable bonds is 2. The maximum atomic E-state index is 10.4. The van der Waals surface area contributed by atoms with Crippen LogP contribution in [0.4, 0.5) is 0 Å². The lowest BCUT2D eigenvalue weighted by Gasteiger charge is -2.26. The van der Waals surface area contributed by atoms with Crippen molar-refractivity contribution < 1.29 is 4.79 Å². The maximum absolute atomic E-state index is 10.4. The van der Waals surface area contributed by atoms with E-state index < -0.39 is 0 Å². The fraction of sp³-hybridized carbons (Fsp3) is 0.700. The first-order valence-corrected chi connectivity index (χ1v) is 4.21. The predicted octanol–water partition coefficient (Wildman–Crippen LogP) is 2.57. The van der Waals surface area contributed by atoms with Gasteiger partial charge in [0, 0.05) is 6.42 Å². The quantitative estimate of drug-likeness (QED) is 0.439. The fourth-order valence-corrected chi connectivity index (χ4v) is 1.84. The zero-order chi connectivity index (χ0) is 8.48. The van der Waals surface area contributed by atoms with E-state index in [1.807, 2.05) is 0 Å². The Kier molecular flexibility index (Phi) is 2.17. The summed E-state index contributed by atoms with van der Waals surface area (Å²) in [5.41, 5.74) is 1.52. The van der Waals surface area contributed by atoms with Gasteiger partial charge >= 0.3 is 0 Å². The third-order valence-electron chi connectivity index (χ3n) is 3.22. The molecule has 1 aliphatic carbocycles. The van der Waals surface area contributed by atoms with E-state index in [9.17, 15) is 4.79 Å². The van der Waals surface area contributed by atoms with Gasteiger partial charge in [-0.15, -0.1) is 0 Å². The molecule has 0 aromatic carbocycles. The normalized spacial score (nSPS) is 37.6. The van der Waals surface area contributed by atoms with Crippen LogP contribution in [0.2, 0.25) is 0 Å². The zero-order valence-corrected chi connectivity index (χ0v) is 7.39. The molecule has 0 saturated heterocycles. The van der Waals surface area contributed by atoms with E-state index in [2.05, 4.69) is 20.4 Å². The minimum atomic E-state index is 0.207. The fourth-order valence-electron chi connectivity index (χ4n) is 1.84. The number of aldehydes is 1. The summed E-state index contributed by atoms with van der Waals surface area (Å²) in [6.07, 6.45) is 3.96. The number of hydrogen-bond donors (Lipinski definition) is 0. The number of carbonyl (C=O) groups excluding carboxylic acids is 1. The molecule has 0 amide bonds. The Morgan fingerprint density at radius 3 is 2.82 bits per heavy atom. The number of hydrogen-bond acceptors (Lipinski definition) is 1. The van der Waals surface area contributed by atoms with E-state index in [1.54, 1.807) is 0 Å². The van der Waals surface area contributed by atoms with E-state index in [1.165, 1.54) is 5.57 Å². The average Bonchev–Trinajstić information content (AvgIpc) is 2.19. The van der Waals surface area contributed by atoms with Gasteiger partial charge in [0.15, 0.2) is 0 Å². The third kappa shape index (κ3) is 1.37. The van der Waals surface area contributed by atoms with Crippen molar-refractivity contribution in [2.24, 2.45) is 11.3 Å². The monoisotopic (exact) mass is 152 g/mol. The first-order valence-electron chi connectivity index (χ1n) is 4.21. The summed E-state index contributed by atoms with van der Waals surface area (Å²) in [5, 5.41) is 0. The van der Waals surface area contributed by atoms with Crippen LogP contribution in [0.1, 0.15) is 33.1 Å². The molecule has 11 heavy (non-hydrogen) atoms. The second-order valence-corrected chi connectivity index (χ2v) is 3.90. The number of allylic oxidation sites excluding steroid dienone is 1. The van der Waals surface area contributed by atoms with Gasteiger partial charge in [0.05, 0.1) is 0 Å². The van der Waals surface area contributed by atoms with Crippen LogP contribution in [0.5, 0.6) is 0 Å². The van der Waals surface area contributed by atoms with Crippen LogP contribution in [0.3, 0.4) is 0 Å². The molecule has 0 aromatic heterocycles. The highest BCUT2D eigenvalue weighted by Gasteiger charge is 2.37. The molecule has 0 aliphatic heterocycles. The summed E-state index contributed by atoms with van der Waals surface area (Å²) >= 11 is 0. The van der Waals surface area contributed by atoms with Crippen molar-refractivity contribution in [1.29, 1.82) is 0 Å². The molecule has 0 radical (unpaired) electrons. The first kappa shape index (κ1) is 8.51. The molecule has 1 nitrogen and oxygen atoms in total. The van der Waals surface area contributed by atoms with Gasteiger partial charge in [-0.05, 0) is 24.2 Å². The Hall–Kier alpha value is -0.590. The highest BCUT2D eigenvalue weighted by molar-refractivity contribution is 5.51. The molecule has 1 saturated carbocycles. The minimum absolute atomic E-state index is 0.207. The molecule has 0 N–H and O–H groups in total. The summed E-state index contributed by atoms with van der Waals surface area (Å²) in [7, 11) is 0. The molecule has 0 bridgehead atoms. The van der Waals surface area contributed by atoms with Crippen LogP contribution < -0.4 is 0 Å². The zero-order valence-electron chi connectivity index (χ0n) is 7.39. The smallest absolute Gasteiger partial charge is 0.120 e. The topological polar surface area (TPSA) is 17.1 Å². The van der Waals surface area contributed by atoms with Crippen LogP contribution in [-0.2, 0) is 4.79 Å². The molecular weight excluding hydrogens is 136 g/mol. The van der Waals surface area contributed by atoms with Crippen molar-refractivity contribution >= 4 is 6.29 Å². The van der Waals surface area contributed by atoms with Crippen molar-refractivity contribution in [2.45, 2.75) is 33.1 Å². The molecule has 0 unspecified atom stereocenters. The molecule has 2 atom stereocenters. The highest BCUT2D eigenvalue weighted by Crippen LogP contribution is 2.47. The van der Waals surface area contributed by atoms with Gasteiger partial charge in [-0.2, -0.15) is 0 Å². The molecule has 0 heterocycles. The lowest BCUT2D eigenvalue weighted by Crippen LogP contribution is -2.20. The van der Waals surface area contributed by atoms with Crippen molar-refractivity contribution in [3.05, 3.63) is 12.2 Å². The Morgan fingerprint density at radius 1 is 1.82 bits per heavy atom. The third-order valence-corrected chi connectivity index (χ3v) is 3.22. The molecular formula is C10H16O. The van der Waals surface area contributed by atoms with E-state index >= 15 is 0 Å². The first-order chi connectivity index (χ1) is 5.10. The van der Waals surface area contributed by atoms with Crippen LogP contribution in [0, 0.1) is 11.3 Å². The molecule has 62 valence electrons. The summed E-state index contributed by atoms with van der Waals surface area (Å²) in [6, 6.07) is 0. The highest BCUT2D eigenvalue weighted by atomic mass is 16.1. The lowest BCUT2D eigenvalue weighted by atomic mass is 9.78. The van der Waals surface area contributed by atoms with E-state index in [0.717, 1.165) is 19.1 Å². The summed E-state index contributed by atoms with van der Waals surface area (Å²) < 4.78 is 0. The van der Waals surface area contributed by atoms with Crippen molar-refractivity contribution in [3.63, 3.8) is 0 Å². The van der Waals surface area contributed by atoms with Gasteiger partial charge in [-0.3, -0.25) is 0 Å². The van der Waals surface area contributed by atoms with Crippen LogP contribution >= 0.6 is 0 Å². The SMILES string of the molecule is C=C1CC[C@@](C)(CC=O)[C@@H]1C. The summed E-state index contributed by atoms with van der Waals surface area (Å²) in [4.78, 5) is 10.4. The van der Waals surface area contributed by atoms with Gasteiger partial charge in [0.25, 0.3) is 0 Å². The molecule has 1 aliphatic rings. The summed E-state index contributed by atoms with van der Waals surface area (Å²) in [5.74, 6) is 0.521. The van der Waals surface area contributed by atoms with E-state index in [0.29, 0.717) is 12.3 Å². The molecule has 1 fully saturated rings. The van der Waals surface area contributed by atoms with Crippen LogP contribution in [0.15, 0.2) is 12.2 Å². The van der Waals surface area contributed by atoms with Crippen LogP contribution in [-0.4, -0.2) is 6.29 Å². The Labute approximate surface area is 68.5 Å². The molecule has 0 aromatic rings. The van der Waals surface area contributed by atoms with Crippen molar-refractivity contribution in [3.8, 4) is 0 Å². The minimum Gasteiger partial charge on any atom is -0.303 e. The molecule has 0 spiro atoms. The van der Waals surface area contributed by atoms with E-state index in [4.69, 9.17) is 0 Å². The van der Waals surface area contributed by atoms with Gasteiger partial charge in [0.2, 0.25) is 0 Å². The average molecular weight is 152 g/mol. The summed E-state index contributed by atoms with van der Waals surface area (Å²) in [6.45, 7) is 8.36. The van der Waals surface area contributed by atoms with Crippen molar-refractivity contribution in [1.82, 2.24) is 0 Å². The standard InChI is InChI=1S/C10H16O/c1-8-4-5-10(3,6-7-11)9(8)2/h7,9H,1,4-6H2,2-3H3/t9-,10+/m1/s1. The Morgan fingerprint density at radius 2 is 2.45 bits per heavy atom. The second kappa shape index (κ2) is 2.80. The maximum Gasteiger partial charge on any atom is 0.120 e. The van der Waals surface area contributed by atoms with Crippen molar-refractivity contribution in [2.75, 3.05) is 0 Å². The van der Waals surface area contributed by atoms with Gasteiger partial charge in [-0.1, -0.05) is 26.0 Å². The van der Waals surface area contributed by atoms with Gasteiger partial charge in [-0.25, -0.2) is 0 Å². The van der Waals surface area contributed by atoms with E-state index in [-0.39, 0.29) is 5.41 Å². The number of carbonyl (C=O) groups is 1. The molecule has 1 heteroatoms.